The van der Waals surface area contributed by atoms with Crippen LogP contribution >= 0.6 is 15.9 Å². The summed E-state index contributed by atoms with van der Waals surface area (Å²) in [6.45, 7) is 2.11. The first kappa shape index (κ1) is 11.4. The molecule has 0 aromatic carbocycles. The molecule has 1 amide bonds. The van der Waals surface area contributed by atoms with E-state index in [0.717, 1.165) is 30.0 Å². The van der Waals surface area contributed by atoms with Gasteiger partial charge >= 0.3 is 0 Å². The van der Waals surface area contributed by atoms with Crippen LogP contribution in [0.3, 0.4) is 0 Å². The third-order valence-electron chi connectivity index (χ3n) is 3.87. The van der Waals surface area contributed by atoms with Crippen LogP contribution in [0.2, 0.25) is 0 Å². The maximum Gasteiger partial charge on any atom is 0.223 e. The molecule has 0 bridgehead atoms. The van der Waals surface area contributed by atoms with E-state index in [0.29, 0.717) is 17.9 Å². The van der Waals surface area contributed by atoms with Gasteiger partial charge in [-0.25, -0.2) is 0 Å². The Bertz CT molecular complexity index is 234. The van der Waals surface area contributed by atoms with Crippen LogP contribution < -0.4 is 5.32 Å². The van der Waals surface area contributed by atoms with E-state index >= 15 is 0 Å². The van der Waals surface area contributed by atoms with E-state index in [1.165, 1.54) is 19.3 Å². The summed E-state index contributed by atoms with van der Waals surface area (Å²) in [7, 11) is 0. The lowest BCUT2D eigenvalue weighted by Gasteiger charge is -2.13. The Balaban J connectivity index is 1.69. The first-order chi connectivity index (χ1) is 7.24. The van der Waals surface area contributed by atoms with Crippen molar-refractivity contribution < 1.29 is 4.79 Å². The molecule has 1 N–H and O–H groups in total. The highest BCUT2D eigenvalue weighted by Crippen LogP contribution is 2.57. The van der Waals surface area contributed by atoms with Crippen LogP contribution in [0, 0.1) is 17.8 Å². The molecule has 15 heavy (non-hydrogen) atoms. The average Bonchev–Trinajstić information content (AvgIpc) is 2.70. The highest BCUT2D eigenvalue weighted by atomic mass is 79.9. The highest BCUT2D eigenvalue weighted by Gasteiger charge is 2.56. The van der Waals surface area contributed by atoms with Gasteiger partial charge in [-0.2, -0.15) is 0 Å². The van der Waals surface area contributed by atoms with Crippen molar-refractivity contribution in [3.8, 4) is 0 Å². The lowest BCUT2D eigenvalue weighted by atomic mass is 10.1. The van der Waals surface area contributed by atoms with Gasteiger partial charge in [-0.3, -0.25) is 4.79 Å². The maximum atomic E-state index is 11.9. The van der Waals surface area contributed by atoms with Gasteiger partial charge in [-0.1, -0.05) is 22.4 Å². The summed E-state index contributed by atoms with van der Waals surface area (Å²) in [6, 6.07) is 0.344. The fourth-order valence-corrected chi connectivity index (χ4v) is 3.33. The smallest absolute Gasteiger partial charge is 0.223 e. The molecular weight excluding hydrogens is 254 g/mol. The lowest BCUT2D eigenvalue weighted by Crippen LogP contribution is -2.34. The number of carbonyl (C=O) groups excluding carboxylic acids is 1. The van der Waals surface area contributed by atoms with Crippen molar-refractivity contribution in [2.45, 2.75) is 45.1 Å². The molecule has 2 saturated carbocycles. The Kier molecular flexibility index (Phi) is 3.70. The lowest BCUT2D eigenvalue weighted by molar-refractivity contribution is -0.123. The molecule has 2 fully saturated rings. The molecule has 2 aliphatic carbocycles. The van der Waals surface area contributed by atoms with E-state index < -0.39 is 0 Å². The molecule has 2 rings (SSSR count). The third-order valence-corrected chi connectivity index (χ3v) is 4.43. The number of hydrogen-bond acceptors (Lipinski definition) is 1. The van der Waals surface area contributed by atoms with Crippen LogP contribution in [0.4, 0.5) is 0 Å². The standard InChI is InChI=1S/C12H20BrNO/c1-8(4-3-7-13)14-12(15)11-9-5-2-6-10(9)11/h8-11H,2-7H2,1H3,(H,14,15). The minimum atomic E-state index is 0.326. The maximum absolute atomic E-state index is 11.9. The van der Waals surface area contributed by atoms with Crippen molar-refractivity contribution >= 4 is 21.8 Å². The SMILES string of the molecule is CC(CCCBr)NC(=O)C1C2CCCC21. The first-order valence-corrected chi connectivity index (χ1v) is 7.22. The molecule has 86 valence electrons. The van der Waals surface area contributed by atoms with Crippen molar-refractivity contribution in [3.63, 3.8) is 0 Å². The van der Waals surface area contributed by atoms with Gasteiger partial charge in [0.15, 0.2) is 0 Å². The molecule has 0 spiro atoms. The quantitative estimate of drug-likeness (QED) is 0.767. The molecule has 2 aliphatic rings. The second-order valence-corrected chi connectivity index (χ2v) is 5.82. The largest absolute Gasteiger partial charge is 0.353 e. The Morgan fingerprint density at radius 1 is 1.47 bits per heavy atom. The molecule has 3 heteroatoms. The van der Waals surface area contributed by atoms with Crippen molar-refractivity contribution in [2.24, 2.45) is 17.8 Å². The Morgan fingerprint density at radius 3 is 2.73 bits per heavy atom. The molecule has 0 aliphatic heterocycles. The number of fused-ring (bicyclic) bond motifs is 1. The molecule has 0 radical (unpaired) electrons. The van der Waals surface area contributed by atoms with Gasteiger partial charge in [-0.05, 0) is 44.4 Å². The fraction of sp³-hybridized carbons (Fsp3) is 0.917. The summed E-state index contributed by atoms with van der Waals surface area (Å²) < 4.78 is 0. The zero-order valence-electron chi connectivity index (χ0n) is 9.34. The van der Waals surface area contributed by atoms with Crippen molar-refractivity contribution in [2.75, 3.05) is 5.33 Å². The van der Waals surface area contributed by atoms with E-state index in [4.69, 9.17) is 0 Å². The van der Waals surface area contributed by atoms with E-state index in [2.05, 4.69) is 28.2 Å². The predicted molar refractivity (Wildman–Crippen MR) is 65.0 cm³/mol. The fourth-order valence-electron chi connectivity index (χ4n) is 3.00. The van der Waals surface area contributed by atoms with Gasteiger partial charge in [0, 0.05) is 17.3 Å². The van der Waals surface area contributed by atoms with Gasteiger partial charge in [0.1, 0.15) is 0 Å². The molecule has 2 nitrogen and oxygen atoms in total. The molecule has 3 unspecified atom stereocenters. The van der Waals surface area contributed by atoms with Crippen LogP contribution in [0.25, 0.3) is 0 Å². The van der Waals surface area contributed by atoms with Crippen LogP contribution in [0.15, 0.2) is 0 Å². The summed E-state index contributed by atoms with van der Waals surface area (Å²) >= 11 is 3.41. The molecule has 0 aromatic rings. The summed E-state index contributed by atoms with van der Waals surface area (Å²) in [5.41, 5.74) is 0. The molecular formula is C12H20BrNO. The number of rotatable bonds is 5. The minimum absolute atomic E-state index is 0.326. The molecule has 0 saturated heterocycles. The number of alkyl halides is 1. The van der Waals surface area contributed by atoms with Crippen LogP contribution in [-0.4, -0.2) is 17.3 Å². The predicted octanol–water partition coefficient (Wildman–Crippen LogP) is 2.71. The van der Waals surface area contributed by atoms with Crippen molar-refractivity contribution in [3.05, 3.63) is 0 Å². The Morgan fingerprint density at radius 2 is 2.13 bits per heavy atom. The first-order valence-electron chi connectivity index (χ1n) is 6.10. The monoisotopic (exact) mass is 273 g/mol. The number of nitrogens with one attached hydrogen (secondary N) is 1. The van der Waals surface area contributed by atoms with Crippen LogP contribution in [0.5, 0.6) is 0 Å². The molecule has 0 aromatic heterocycles. The third kappa shape index (κ3) is 2.55. The topological polar surface area (TPSA) is 29.1 Å². The van der Waals surface area contributed by atoms with E-state index in [1.807, 2.05) is 0 Å². The summed E-state index contributed by atoms with van der Waals surface area (Å²) in [5.74, 6) is 2.19. The normalized spacial score (nSPS) is 34.7. The van der Waals surface area contributed by atoms with Crippen LogP contribution in [-0.2, 0) is 4.79 Å². The molecule has 0 heterocycles. The number of amides is 1. The van der Waals surface area contributed by atoms with Gasteiger partial charge in [0.05, 0.1) is 0 Å². The average molecular weight is 274 g/mol. The van der Waals surface area contributed by atoms with Crippen LogP contribution in [0.1, 0.15) is 39.0 Å². The van der Waals surface area contributed by atoms with Gasteiger partial charge in [0.2, 0.25) is 5.91 Å². The Hall–Kier alpha value is -0.0500. The highest BCUT2D eigenvalue weighted by molar-refractivity contribution is 9.09. The zero-order chi connectivity index (χ0) is 10.8. The van der Waals surface area contributed by atoms with Crippen molar-refractivity contribution in [1.82, 2.24) is 5.32 Å². The number of carbonyl (C=O) groups is 1. The molecule has 3 atom stereocenters. The number of hydrogen-bond donors (Lipinski definition) is 1. The number of halogens is 1. The zero-order valence-corrected chi connectivity index (χ0v) is 10.9. The second-order valence-electron chi connectivity index (χ2n) is 5.03. The summed E-state index contributed by atoms with van der Waals surface area (Å²) in [5, 5.41) is 4.18. The van der Waals surface area contributed by atoms with E-state index in [1.54, 1.807) is 0 Å². The van der Waals surface area contributed by atoms with Gasteiger partial charge < -0.3 is 5.32 Å². The summed E-state index contributed by atoms with van der Waals surface area (Å²) in [6.07, 6.45) is 6.15. The Labute approximate surface area is 100 Å². The van der Waals surface area contributed by atoms with E-state index in [9.17, 15) is 4.79 Å². The van der Waals surface area contributed by atoms with Gasteiger partial charge in [0.25, 0.3) is 0 Å². The van der Waals surface area contributed by atoms with Crippen molar-refractivity contribution in [1.29, 1.82) is 0 Å². The van der Waals surface area contributed by atoms with Gasteiger partial charge in [-0.15, -0.1) is 0 Å². The van der Waals surface area contributed by atoms with E-state index in [-0.39, 0.29) is 0 Å². The summed E-state index contributed by atoms with van der Waals surface area (Å²) in [4.78, 5) is 11.9. The second kappa shape index (κ2) is 4.86. The minimum Gasteiger partial charge on any atom is -0.353 e.